The zero-order chi connectivity index (χ0) is 18.9. The molecular weight excluding hydrogens is 343 g/mol. The maximum absolute atomic E-state index is 13.5. The molecule has 0 bridgehead atoms. The number of aromatic nitrogens is 2. The van der Waals surface area contributed by atoms with Crippen LogP contribution in [0.3, 0.4) is 0 Å². The van der Waals surface area contributed by atoms with Crippen molar-refractivity contribution in [1.29, 1.82) is 5.26 Å². The molecule has 0 amide bonds. The van der Waals surface area contributed by atoms with Crippen LogP contribution in [0.25, 0.3) is 16.8 Å². The first-order valence-corrected chi connectivity index (χ1v) is 7.88. The second kappa shape index (κ2) is 6.64. The molecule has 132 valence electrons. The molecule has 7 heteroatoms. The molecule has 0 N–H and O–H groups in total. The van der Waals surface area contributed by atoms with Gasteiger partial charge in [-0.25, -0.2) is 4.98 Å². The van der Waals surface area contributed by atoms with E-state index in [1.807, 2.05) is 6.07 Å². The number of pyridine rings is 1. The molecular formula is C19H14F3N3O. The number of nitriles is 1. The van der Waals surface area contributed by atoms with Gasteiger partial charge in [0, 0.05) is 12.6 Å². The zero-order valence-corrected chi connectivity index (χ0v) is 13.8. The molecule has 0 spiro atoms. The van der Waals surface area contributed by atoms with Gasteiger partial charge in [0.2, 0.25) is 0 Å². The van der Waals surface area contributed by atoms with E-state index in [4.69, 9.17) is 5.26 Å². The number of nitrogens with zero attached hydrogens (tertiary/aromatic N) is 3. The number of aryl methyl sites for hydroxylation is 2. The maximum Gasteiger partial charge on any atom is 0.434 e. The van der Waals surface area contributed by atoms with Gasteiger partial charge in [-0.05, 0) is 42.2 Å². The van der Waals surface area contributed by atoms with Gasteiger partial charge in [-0.1, -0.05) is 24.3 Å². The van der Waals surface area contributed by atoms with E-state index in [-0.39, 0.29) is 11.2 Å². The van der Waals surface area contributed by atoms with Crippen LogP contribution < -0.4 is 5.56 Å². The second-order valence-electron chi connectivity index (χ2n) is 5.93. The average molecular weight is 357 g/mol. The van der Waals surface area contributed by atoms with Crippen LogP contribution >= 0.6 is 0 Å². The van der Waals surface area contributed by atoms with E-state index in [1.54, 1.807) is 25.1 Å². The van der Waals surface area contributed by atoms with Crippen molar-refractivity contribution in [2.75, 3.05) is 0 Å². The topological polar surface area (TPSA) is 58.2 Å². The van der Waals surface area contributed by atoms with E-state index in [0.29, 0.717) is 18.4 Å². The van der Waals surface area contributed by atoms with Gasteiger partial charge >= 0.3 is 6.18 Å². The summed E-state index contributed by atoms with van der Waals surface area (Å²) in [4.78, 5) is 16.5. The third-order valence-electron chi connectivity index (χ3n) is 4.02. The predicted octanol–water partition coefficient (Wildman–Crippen LogP) is 4.14. The summed E-state index contributed by atoms with van der Waals surface area (Å²) in [5.74, 6) is 0. The van der Waals surface area contributed by atoms with Gasteiger partial charge in [0.15, 0.2) is 5.69 Å². The smallest absolute Gasteiger partial charge is 0.268 e. The molecule has 0 aliphatic heterocycles. The lowest BCUT2D eigenvalue weighted by Gasteiger charge is -2.14. The second-order valence-corrected chi connectivity index (χ2v) is 5.93. The number of hydrogen-bond acceptors (Lipinski definition) is 3. The zero-order valence-electron chi connectivity index (χ0n) is 13.8. The highest BCUT2D eigenvalue weighted by molar-refractivity contribution is 5.67. The highest BCUT2D eigenvalue weighted by Crippen LogP contribution is 2.34. The Balaban J connectivity index is 2.24. The monoisotopic (exact) mass is 357 g/mol. The van der Waals surface area contributed by atoms with Gasteiger partial charge in [-0.15, -0.1) is 0 Å². The van der Waals surface area contributed by atoms with E-state index >= 15 is 0 Å². The van der Waals surface area contributed by atoms with Crippen molar-refractivity contribution in [3.8, 4) is 17.2 Å². The molecule has 0 atom stereocenters. The van der Waals surface area contributed by atoms with Gasteiger partial charge < -0.3 is 0 Å². The van der Waals surface area contributed by atoms with Crippen LogP contribution in [0, 0.1) is 18.3 Å². The molecule has 0 aliphatic rings. The number of benzene rings is 1. The number of rotatable bonds is 3. The molecule has 2 heterocycles. The first-order chi connectivity index (χ1) is 12.3. The molecule has 0 saturated heterocycles. The maximum atomic E-state index is 13.5. The molecule has 26 heavy (non-hydrogen) atoms. The normalized spacial score (nSPS) is 11.5. The number of alkyl halides is 3. The molecule has 4 nitrogen and oxygen atoms in total. The first kappa shape index (κ1) is 17.7. The number of fused-ring (bicyclic) bond motifs is 1. The quantitative estimate of drug-likeness (QED) is 0.708. The summed E-state index contributed by atoms with van der Waals surface area (Å²) in [6, 6.07) is 11.2. The van der Waals surface area contributed by atoms with E-state index < -0.39 is 23.0 Å². The summed E-state index contributed by atoms with van der Waals surface area (Å²) in [6.45, 7) is 1.72. The SMILES string of the molecule is Cc1ccn2c(=O)c(-c3ccc(CCC#N)cc3)c(C(F)(F)F)nc2c1. The lowest BCUT2D eigenvalue weighted by molar-refractivity contribution is -0.140. The number of hydrogen-bond donors (Lipinski definition) is 0. The standard InChI is InChI=1S/C19H14F3N3O/c1-12-8-10-25-15(11-12)24-17(19(20,21)22)16(18(25)26)14-6-4-13(5-7-14)3-2-9-23/h4-8,10-11H,2-3H2,1H3. The molecule has 2 aromatic heterocycles. The number of halogens is 3. The van der Waals surface area contributed by atoms with E-state index in [9.17, 15) is 18.0 Å². The fourth-order valence-corrected chi connectivity index (χ4v) is 2.74. The third kappa shape index (κ3) is 3.31. The Hall–Kier alpha value is -3.14. The minimum Gasteiger partial charge on any atom is -0.268 e. The molecule has 3 aromatic rings. The Morgan fingerprint density at radius 1 is 1.19 bits per heavy atom. The minimum atomic E-state index is -4.76. The van der Waals surface area contributed by atoms with Gasteiger partial charge in [0.25, 0.3) is 5.56 Å². The predicted molar refractivity (Wildman–Crippen MR) is 90.6 cm³/mol. The summed E-state index contributed by atoms with van der Waals surface area (Å²) in [6.07, 6.45) is -2.53. The van der Waals surface area contributed by atoms with Crippen LogP contribution in [-0.4, -0.2) is 9.38 Å². The third-order valence-corrected chi connectivity index (χ3v) is 4.02. The first-order valence-electron chi connectivity index (χ1n) is 7.88. The Morgan fingerprint density at radius 2 is 1.88 bits per heavy atom. The summed E-state index contributed by atoms with van der Waals surface area (Å²) in [7, 11) is 0. The summed E-state index contributed by atoms with van der Waals surface area (Å²) in [5, 5.41) is 8.62. The van der Waals surface area contributed by atoms with E-state index in [1.165, 1.54) is 24.4 Å². The Morgan fingerprint density at radius 3 is 2.50 bits per heavy atom. The van der Waals surface area contributed by atoms with Crippen molar-refractivity contribution in [3.05, 3.63) is 69.8 Å². The fraction of sp³-hybridized carbons (Fsp3) is 0.211. The minimum absolute atomic E-state index is 0.0447. The van der Waals surface area contributed by atoms with Crippen molar-refractivity contribution in [2.24, 2.45) is 0 Å². The van der Waals surface area contributed by atoms with Gasteiger partial charge in [0.05, 0.1) is 11.6 Å². The van der Waals surface area contributed by atoms with E-state index in [0.717, 1.165) is 9.96 Å². The van der Waals surface area contributed by atoms with Crippen LogP contribution in [0.4, 0.5) is 13.2 Å². The van der Waals surface area contributed by atoms with Crippen LogP contribution in [0.15, 0.2) is 47.4 Å². The summed E-state index contributed by atoms with van der Waals surface area (Å²) >= 11 is 0. The molecule has 0 radical (unpaired) electrons. The highest BCUT2D eigenvalue weighted by atomic mass is 19.4. The molecule has 0 unspecified atom stereocenters. The summed E-state index contributed by atoms with van der Waals surface area (Å²) in [5.41, 5.74) is -0.828. The van der Waals surface area contributed by atoms with Crippen molar-refractivity contribution < 1.29 is 13.2 Å². The van der Waals surface area contributed by atoms with Gasteiger partial charge in [-0.3, -0.25) is 9.20 Å². The van der Waals surface area contributed by atoms with Gasteiger partial charge in [-0.2, -0.15) is 18.4 Å². The molecule has 0 aliphatic carbocycles. The molecule has 3 rings (SSSR count). The van der Waals surface area contributed by atoms with Crippen molar-refractivity contribution >= 4 is 5.65 Å². The lowest BCUT2D eigenvalue weighted by Crippen LogP contribution is -2.24. The Labute approximate surface area is 147 Å². The molecule has 0 saturated carbocycles. The largest absolute Gasteiger partial charge is 0.434 e. The van der Waals surface area contributed by atoms with Crippen LogP contribution in [0.5, 0.6) is 0 Å². The highest BCUT2D eigenvalue weighted by Gasteiger charge is 2.38. The molecule has 1 aromatic carbocycles. The average Bonchev–Trinajstić information content (AvgIpc) is 2.59. The molecule has 0 fully saturated rings. The van der Waals surface area contributed by atoms with Crippen molar-refractivity contribution in [1.82, 2.24) is 9.38 Å². The van der Waals surface area contributed by atoms with Crippen molar-refractivity contribution in [2.45, 2.75) is 25.9 Å². The lowest BCUT2D eigenvalue weighted by atomic mass is 10.0. The van der Waals surface area contributed by atoms with Crippen LogP contribution in [-0.2, 0) is 12.6 Å². The van der Waals surface area contributed by atoms with E-state index in [2.05, 4.69) is 4.98 Å². The fourth-order valence-electron chi connectivity index (χ4n) is 2.74. The van der Waals surface area contributed by atoms with Gasteiger partial charge in [0.1, 0.15) is 5.65 Å². The Kier molecular flexibility index (Phi) is 4.51. The summed E-state index contributed by atoms with van der Waals surface area (Å²) < 4.78 is 41.7. The van der Waals surface area contributed by atoms with Crippen LogP contribution in [0.2, 0.25) is 0 Å². The Bertz CT molecular complexity index is 1060. The van der Waals surface area contributed by atoms with Crippen LogP contribution in [0.1, 0.15) is 23.2 Å². The van der Waals surface area contributed by atoms with Crippen molar-refractivity contribution in [3.63, 3.8) is 0 Å².